The summed E-state index contributed by atoms with van der Waals surface area (Å²) in [5, 5.41) is 26.6. The Labute approximate surface area is 383 Å². The Morgan fingerprint density at radius 2 is 1.08 bits per heavy atom. The summed E-state index contributed by atoms with van der Waals surface area (Å²) in [4.78, 5) is 29.2. The van der Waals surface area contributed by atoms with Crippen molar-refractivity contribution in [3.8, 4) is 0 Å². The fourth-order valence-electron chi connectivity index (χ4n) is 9.84. The van der Waals surface area contributed by atoms with Gasteiger partial charge in [-0.25, -0.2) is 9.59 Å². The van der Waals surface area contributed by atoms with Crippen LogP contribution in [0.5, 0.6) is 0 Å². The molecule has 6 saturated heterocycles. The molecule has 17 nitrogen and oxygen atoms in total. The Morgan fingerprint density at radius 1 is 0.662 bits per heavy atom. The molecule has 8 atom stereocenters. The van der Waals surface area contributed by atoms with E-state index in [0.29, 0.717) is 32.8 Å². The number of ether oxygens (including phenoxy) is 9. The molecule has 4 N–H and O–H groups in total. The highest BCUT2D eigenvalue weighted by Crippen LogP contribution is 2.46. The van der Waals surface area contributed by atoms with Crippen LogP contribution in [0.4, 0.5) is 9.59 Å². The van der Waals surface area contributed by atoms with Crippen LogP contribution in [0, 0.1) is 5.92 Å². The molecule has 6 aliphatic heterocycles. The number of hydrogen-bond acceptors (Lipinski definition) is 15. The number of benzene rings is 2. The van der Waals surface area contributed by atoms with Crippen LogP contribution < -0.4 is 10.6 Å². The van der Waals surface area contributed by atoms with Crippen molar-refractivity contribution in [2.24, 2.45) is 5.92 Å². The molecule has 6 fully saturated rings. The number of aliphatic hydroxyl groups is 2. The summed E-state index contributed by atoms with van der Waals surface area (Å²) < 4.78 is 53.4. The maximum atomic E-state index is 12.4. The molecule has 0 bridgehead atoms. The van der Waals surface area contributed by atoms with E-state index in [1.807, 2.05) is 81.4 Å². The molecule has 65 heavy (non-hydrogen) atoms. The van der Waals surface area contributed by atoms with E-state index in [1.54, 1.807) is 21.0 Å². The van der Waals surface area contributed by atoms with Crippen LogP contribution in [0.1, 0.15) is 85.3 Å². The van der Waals surface area contributed by atoms with Crippen LogP contribution in [-0.4, -0.2) is 157 Å². The van der Waals surface area contributed by atoms with Crippen LogP contribution in [0.3, 0.4) is 0 Å². The van der Waals surface area contributed by atoms with Crippen molar-refractivity contribution in [2.45, 2.75) is 152 Å². The molecule has 0 saturated carbocycles. The van der Waals surface area contributed by atoms with Crippen molar-refractivity contribution in [2.75, 3.05) is 59.6 Å². The standard InChI is InChI=1S/C25H38N2O6.C23H34N2O7/c1-18-15-31-25(21(20(18)29-5)32-23(2,3)33-25)17-27-13-11-24(4,12-14-27)26-22(28)30-16-19-9-7-6-8-10-19;1-21(2)31-19-18(27)17(26)14-30-23(19,32-21)15-25-11-9-22(3,10-12-25)24-20(28)29-13-16-7-5-4-6-8-16/h6-10,18,20-21H,11-17H2,1-5H3,(H,26,28);4-8,17-19,26-27H,9-15H2,1-3H3,(H,24,28)/t18-,20?,21+,25+;17-,18-,19+,23+/m11/s1. The molecule has 0 aromatic heterocycles. The zero-order valence-electron chi connectivity index (χ0n) is 39.4. The Hall–Kier alpha value is -3.46. The van der Waals surface area contributed by atoms with Gasteiger partial charge in [0.2, 0.25) is 11.6 Å². The molecule has 362 valence electrons. The predicted molar refractivity (Wildman–Crippen MR) is 237 cm³/mol. The van der Waals surface area contributed by atoms with Gasteiger partial charge in [0.15, 0.2) is 11.6 Å². The molecule has 0 radical (unpaired) electrons. The Morgan fingerprint density at radius 3 is 1.52 bits per heavy atom. The lowest BCUT2D eigenvalue weighted by Gasteiger charge is -2.47. The Bertz CT molecular complexity index is 1880. The molecule has 2 aromatic rings. The zero-order valence-corrected chi connectivity index (χ0v) is 39.4. The summed E-state index contributed by atoms with van der Waals surface area (Å²) in [6, 6.07) is 19.3. The van der Waals surface area contributed by atoms with Gasteiger partial charge >= 0.3 is 12.2 Å². The number of hydrogen-bond donors (Lipinski definition) is 4. The van der Waals surface area contributed by atoms with Crippen molar-refractivity contribution in [1.29, 1.82) is 0 Å². The van der Waals surface area contributed by atoms with Gasteiger partial charge in [0.1, 0.15) is 37.6 Å². The van der Waals surface area contributed by atoms with Gasteiger partial charge < -0.3 is 63.5 Å². The zero-order chi connectivity index (χ0) is 46.7. The minimum atomic E-state index is -1.14. The van der Waals surface area contributed by atoms with E-state index in [9.17, 15) is 19.8 Å². The fraction of sp³-hybridized carbons (Fsp3) is 0.708. The second-order valence-electron chi connectivity index (χ2n) is 20.1. The van der Waals surface area contributed by atoms with Crippen molar-refractivity contribution >= 4 is 12.2 Å². The van der Waals surface area contributed by atoms with Gasteiger partial charge in [-0.15, -0.1) is 0 Å². The third-order valence-corrected chi connectivity index (χ3v) is 13.5. The molecule has 8 rings (SSSR count). The fourth-order valence-corrected chi connectivity index (χ4v) is 9.84. The highest BCUT2D eigenvalue weighted by Gasteiger charge is 2.63. The minimum absolute atomic E-state index is 0.0164. The largest absolute Gasteiger partial charge is 0.445 e. The normalized spacial score (nSPS) is 33.6. The van der Waals surface area contributed by atoms with Crippen LogP contribution in [-0.2, 0) is 55.8 Å². The third-order valence-electron chi connectivity index (χ3n) is 13.5. The molecule has 0 spiro atoms. The molecule has 0 aliphatic carbocycles. The lowest BCUT2D eigenvalue weighted by Crippen LogP contribution is -2.64. The second kappa shape index (κ2) is 20.0. The summed E-state index contributed by atoms with van der Waals surface area (Å²) in [6.07, 6.45) is -0.986. The van der Waals surface area contributed by atoms with Crippen LogP contribution in [0.15, 0.2) is 60.7 Å². The molecule has 6 aliphatic rings. The molecule has 2 amide bonds. The highest BCUT2D eigenvalue weighted by molar-refractivity contribution is 5.68. The molecular formula is C48H72N4O13. The maximum absolute atomic E-state index is 12.4. The summed E-state index contributed by atoms with van der Waals surface area (Å²) >= 11 is 0. The van der Waals surface area contributed by atoms with E-state index >= 15 is 0 Å². The molecule has 6 heterocycles. The number of nitrogens with one attached hydrogen (secondary N) is 2. The van der Waals surface area contributed by atoms with E-state index in [0.717, 1.165) is 49.9 Å². The van der Waals surface area contributed by atoms with Crippen molar-refractivity contribution in [3.05, 3.63) is 71.8 Å². The number of carbonyl (C=O) groups excluding carboxylic acids is 2. The smallest absolute Gasteiger partial charge is 0.407 e. The van der Waals surface area contributed by atoms with Gasteiger partial charge in [-0.05, 0) is 78.4 Å². The number of aliphatic hydroxyl groups excluding tert-OH is 2. The monoisotopic (exact) mass is 913 g/mol. The molecule has 1 unspecified atom stereocenters. The van der Waals surface area contributed by atoms with E-state index in [-0.39, 0.29) is 55.1 Å². The number of likely N-dealkylation sites (tertiary alicyclic amines) is 2. The van der Waals surface area contributed by atoms with Gasteiger partial charge in [0, 0.05) is 50.3 Å². The molecule has 2 aromatic carbocycles. The summed E-state index contributed by atoms with van der Waals surface area (Å²) in [5.74, 6) is -3.43. The lowest BCUT2D eigenvalue weighted by atomic mass is 9.87. The maximum Gasteiger partial charge on any atom is 0.407 e. The Kier molecular flexibility index (Phi) is 15.2. The number of fused-ring (bicyclic) bond motifs is 2. The molecule has 17 heteroatoms. The van der Waals surface area contributed by atoms with E-state index < -0.39 is 47.6 Å². The highest BCUT2D eigenvalue weighted by atomic mass is 16.9. The summed E-state index contributed by atoms with van der Waals surface area (Å²) in [6.45, 7) is 18.7. The number of alkyl carbamates (subject to hydrolysis) is 2. The topological polar surface area (TPSA) is 188 Å². The lowest BCUT2D eigenvalue weighted by molar-refractivity contribution is -0.298. The number of carbonyl (C=O) groups is 2. The van der Waals surface area contributed by atoms with Crippen LogP contribution in [0.25, 0.3) is 0 Å². The quantitative estimate of drug-likeness (QED) is 0.244. The average molecular weight is 913 g/mol. The van der Waals surface area contributed by atoms with Crippen LogP contribution >= 0.6 is 0 Å². The summed E-state index contributed by atoms with van der Waals surface area (Å²) in [5.41, 5.74) is 1.22. The minimum Gasteiger partial charge on any atom is -0.445 e. The van der Waals surface area contributed by atoms with Gasteiger partial charge in [-0.3, -0.25) is 9.80 Å². The SMILES string of the molecule is CC1(NC(=O)OCc2ccccc2)CCN(C[C@@]23OC[C@@H](O)[C@@H](O)[C@@H]2OC(C)(C)O3)CC1.COC1[C@H](C)CO[C@@]2(CN3CCC(C)(NC(=O)OCc4ccccc4)CC3)OC(C)(C)O[C@@H]12. The van der Waals surface area contributed by atoms with Gasteiger partial charge in [0.25, 0.3) is 0 Å². The van der Waals surface area contributed by atoms with E-state index in [4.69, 9.17) is 42.6 Å². The van der Waals surface area contributed by atoms with E-state index in [2.05, 4.69) is 34.3 Å². The average Bonchev–Trinajstić information content (AvgIpc) is 3.71. The third kappa shape index (κ3) is 12.2. The van der Waals surface area contributed by atoms with Crippen molar-refractivity contribution in [3.63, 3.8) is 0 Å². The van der Waals surface area contributed by atoms with Crippen molar-refractivity contribution in [1.82, 2.24) is 20.4 Å². The first-order valence-electron chi connectivity index (χ1n) is 23.1. The number of methoxy groups -OCH3 is 1. The summed E-state index contributed by atoms with van der Waals surface area (Å²) in [7, 11) is 1.72. The van der Waals surface area contributed by atoms with E-state index in [1.165, 1.54) is 0 Å². The number of amides is 2. The molecular weight excluding hydrogens is 841 g/mol. The number of nitrogens with zero attached hydrogens (tertiary/aromatic N) is 2. The first-order valence-corrected chi connectivity index (χ1v) is 23.1. The first kappa shape index (κ1) is 49.4. The van der Waals surface area contributed by atoms with Gasteiger partial charge in [-0.1, -0.05) is 67.6 Å². The van der Waals surface area contributed by atoms with Gasteiger partial charge in [0.05, 0.1) is 32.4 Å². The number of piperidine rings is 2. The Balaban J connectivity index is 0.000000194. The first-order chi connectivity index (χ1) is 30.7. The predicted octanol–water partition coefficient (Wildman–Crippen LogP) is 4.66. The van der Waals surface area contributed by atoms with Crippen LogP contribution in [0.2, 0.25) is 0 Å². The number of rotatable bonds is 11. The van der Waals surface area contributed by atoms with Gasteiger partial charge in [-0.2, -0.15) is 0 Å². The second-order valence-corrected chi connectivity index (χ2v) is 20.1. The van der Waals surface area contributed by atoms with Crippen molar-refractivity contribution < 1.29 is 62.4 Å².